The Hall–Kier alpha value is -4.42. The van der Waals surface area contributed by atoms with Crippen LogP contribution in [-0.2, 0) is 16.0 Å². The van der Waals surface area contributed by atoms with Crippen LogP contribution in [0.2, 0.25) is 0 Å². The van der Waals surface area contributed by atoms with Crippen molar-refractivity contribution in [2.24, 2.45) is 5.92 Å². The van der Waals surface area contributed by atoms with Gasteiger partial charge >= 0.3 is 6.03 Å². The Balaban J connectivity index is 1.58. The van der Waals surface area contributed by atoms with Crippen molar-refractivity contribution in [1.82, 2.24) is 15.0 Å². The van der Waals surface area contributed by atoms with Crippen LogP contribution in [0.1, 0.15) is 67.4 Å². The van der Waals surface area contributed by atoms with E-state index in [2.05, 4.69) is 15.8 Å². The molecule has 12 heteroatoms. The number of hydrogen-bond donors (Lipinski definition) is 3. The molecule has 1 aliphatic rings. The minimum absolute atomic E-state index is 0.185. The van der Waals surface area contributed by atoms with Crippen LogP contribution in [0, 0.1) is 19.8 Å². The van der Waals surface area contributed by atoms with Crippen molar-refractivity contribution in [2.45, 2.75) is 78.6 Å². The summed E-state index contributed by atoms with van der Waals surface area (Å²) in [5.74, 6) is 0.154. The Bertz CT molecular complexity index is 1510. The summed E-state index contributed by atoms with van der Waals surface area (Å²) in [6, 6.07) is 13.7. The number of anilines is 2. The van der Waals surface area contributed by atoms with Gasteiger partial charge in [0, 0.05) is 38.3 Å². The van der Waals surface area contributed by atoms with Gasteiger partial charge in [0.2, 0.25) is 5.91 Å². The molecular weight excluding hydrogens is 614 g/mol. The monoisotopic (exact) mass is 663 g/mol. The highest BCUT2D eigenvalue weighted by molar-refractivity contribution is 6.00. The van der Waals surface area contributed by atoms with Crippen molar-refractivity contribution in [2.75, 3.05) is 44.0 Å². The van der Waals surface area contributed by atoms with Crippen molar-refractivity contribution in [3.63, 3.8) is 0 Å². The molecule has 3 aromatic rings. The molecule has 2 heterocycles. The summed E-state index contributed by atoms with van der Waals surface area (Å²) in [4.78, 5) is 43.6. The summed E-state index contributed by atoms with van der Waals surface area (Å²) in [5.41, 5.74) is 2.75. The maximum atomic E-state index is 14.4. The molecule has 12 nitrogen and oxygen atoms in total. The zero-order valence-electron chi connectivity index (χ0n) is 28.8. The molecule has 2 aromatic carbocycles. The molecule has 3 N–H and O–H groups in total. The van der Waals surface area contributed by atoms with E-state index in [4.69, 9.17) is 14.0 Å². The lowest BCUT2D eigenvalue weighted by atomic mass is 10.0. The van der Waals surface area contributed by atoms with Crippen molar-refractivity contribution in [3.05, 3.63) is 71.1 Å². The second kappa shape index (κ2) is 17.1. The lowest BCUT2D eigenvalue weighted by Crippen LogP contribution is -2.48. The van der Waals surface area contributed by atoms with Crippen LogP contribution >= 0.6 is 0 Å². The maximum absolute atomic E-state index is 14.4. The number of aliphatic hydroxyl groups is 1. The quantitative estimate of drug-likeness (QED) is 0.289. The summed E-state index contributed by atoms with van der Waals surface area (Å²) < 4.78 is 17.8. The van der Waals surface area contributed by atoms with Crippen LogP contribution in [-0.4, -0.2) is 89.5 Å². The Morgan fingerprint density at radius 2 is 1.85 bits per heavy atom. The van der Waals surface area contributed by atoms with E-state index in [9.17, 15) is 19.5 Å². The molecule has 0 saturated heterocycles. The van der Waals surface area contributed by atoms with Gasteiger partial charge in [0.15, 0.2) is 5.76 Å². The molecule has 0 bridgehead atoms. The highest BCUT2D eigenvalue weighted by Gasteiger charge is 2.31. The Labute approximate surface area is 282 Å². The summed E-state index contributed by atoms with van der Waals surface area (Å²) >= 11 is 0. The molecule has 4 amide bonds. The summed E-state index contributed by atoms with van der Waals surface area (Å²) in [7, 11) is 1.69. The van der Waals surface area contributed by atoms with Gasteiger partial charge in [0.05, 0.1) is 36.8 Å². The maximum Gasteiger partial charge on any atom is 0.321 e. The highest BCUT2D eigenvalue weighted by atomic mass is 16.5. The number of ether oxygens (including phenoxy) is 2. The smallest absolute Gasteiger partial charge is 0.321 e. The fourth-order valence-electron chi connectivity index (χ4n) is 5.67. The molecule has 0 radical (unpaired) electrons. The molecule has 1 aliphatic heterocycles. The number of urea groups is 1. The zero-order chi connectivity index (χ0) is 34.8. The molecule has 260 valence electrons. The lowest BCUT2D eigenvalue weighted by Gasteiger charge is -2.35. The first-order valence-electron chi connectivity index (χ1n) is 16.6. The Kier molecular flexibility index (Phi) is 13.0. The number of aliphatic hydroxyl groups excluding tert-OH is 1. The van der Waals surface area contributed by atoms with E-state index >= 15 is 0 Å². The van der Waals surface area contributed by atoms with Crippen LogP contribution in [0.3, 0.4) is 0 Å². The molecule has 0 aliphatic carbocycles. The zero-order valence-corrected chi connectivity index (χ0v) is 28.8. The van der Waals surface area contributed by atoms with Gasteiger partial charge in [-0.3, -0.25) is 9.59 Å². The van der Waals surface area contributed by atoms with Gasteiger partial charge in [-0.15, -0.1) is 0 Å². The number of fused-ring (bicyclic) bond motifs is 1. The summed E-state index contributed by atoms with van der Waals surface area (Å²) in [5, 5.41) is 19.9. The van der Waals surface area contributed by atoms with Gasteiger partial charge < -0.3 is 39.5 Å². The van der Waals surface area contributed by atoms with E-state index in [0.29, 0.717) is 35.2 Å². The minimum atomic E-state index is -0.532. The number of carbonyl (C=O) groups is 3. The van der Waals surface area contributed by atoms with E-state index in [1.54, 1.807) is 55.8 Å². The number of nitrogens with one attached hydrogen (secondary N) is 2. The first kappa shape index (κ1) is 36.4. The second-order valence-electron chi connectivity index (χ2n) is 12.7. The van der Waals surface area contributed by atoms with Gasteiger partial charge in [0.1, 0.15) is 17.1 Å². The number of nitrogens with zero attached hydrogens (tertiary/aromatic N) is 3. The van der Waals surface area contributed by atoms with Crippen molar-refractivity contribution >= 4 is 29.2 Å². The van der Waals surface area contributed by atoms with Gasteiger partial charge in [-0.1, -0.05) is 42.4 Å². The summed E-state index contributed by atoms with van der Waals surface area (Å²) in [6.07, 6.45) is 1.97. The van der Waals surface area contributed by atoms with Crippen LogP contribution < -0.4 is 15.4 Å². The van der Waals surface area contributed by atoms with E-state index in [0.717, 1.165) is 24.8 Å². The first-order valence-corrected chi connectivity index (χ1v) is 16.6. The minimum Gasteiger partial charge on any atom is -0.490 e. The van der Waals surface area contributed by atoms with Gasteiger partial charge in [0.25, 0.3) is 5.91 Å². The molecule has 0 spiro atoms. The lowest BCUT2D eigenvalue weighted by molar-refractivity contribution is -0.115. The molecule has 48 heavy (non-hydrogen) atoms. The van der Waals surface area contributed by atoms with Crippen LogP contribution in [0.15, 0.2) is 53.1 Å². The summed E-state index contributed by atoms with van der Waals surface area (Å²) in [6.45, 7) is 9.93. The van der Waals surface area contributed by atoms with Gasteiger partial charge in [-0.2, -0.15) is 0 Å². The third kappa shape index (κ3) is 9.80. The predicted molar refractivity (Wildman–Crippen MR) is 183 cm³/mol. The van der Waals surface area contributed by atoms with Gasteiger partial charge in [-0.25, -0.2) is 4.79 Å². The fourth-order valence-corrected chi connectivity index (χ4v) is 5.67. The molecule has 4 rings (SSSR count). The van der Waals surface area contributed by atoms with E-state index in [-0.39, 0.29) is 61.5 Å². The third-order valence-electron chi connectivity index (χ3n) is 8.61. The standard InChI is InChI=1S/C36H49N5O7/c1-23-20-41(24(2)22-42)35(44)30-19-29(37-33(43)18-28-13-8-7-9-14-28)15-16-31(30)47-25(3)12-10-11-17-46-32(23)21-40(6)36(45)38-34-26(4)39-48-27(34)5/h7-9,13-16,19,23-25,32,42H,10-12,17-18,20-22H2,1-6H3,(H,37,43)(H,38,45)/t23-,24-,25+,32+/m1/s1. The highest BCUT2D eigenvalue weighted by Crippen LogP contribution is 2.29. The van der Waals surface area contributed by atoms with E-state index < -0.39 is 12.1 Å². The van der Waals surface area contributed by atoms with Crippen molar-refractivity contribution in [1.29, 1.82) is 0 Å². The Morgan fingerprint density at radius 1 is 1.10 bits per heavy atom. The van der Waals surface area contributed by atoms with Crippen LogP contribution in [0.4, 0.5) is 16.2 Å². The number of likely N-dealkylation sites (N-methyl/N-ethyl adjacent to an activating group) is 1. The van der Waals surface area contributed by atoms with Crippen molar-refractivity contribution in [3.8, 4) is 5.75 Å². The molecule has 4 atom stereocenters. The average molecular weight is 664 g/mol. The number of aromatic nitrogens is 1. The number of carbonyl (C=O) groups excluding carboxylic acids is 3. The predicted octanol–water partition coefficient (Wildman–Crippen LogP) is 5.43. The number of benzene rings is 2. The molecule has 0 fully saturated rings. The largest absolute Gasteiger partial charge is 0.490 e. The van der Waals surface area contributed by atoms with E-state index in [1.165, 1.54) is 0 Å². The topological polar surface area (TPSA) is 146 Å². The normalized spacial score (nSPS) is 19.8. The fraction of sp³-hybridized carbons (Fsp3) is 0.500. The second-order valence-corrected chi connectivity index (χ2v) is 12.7. The Morgan fingerprint density at radius 3 is 2.54 bits per heavy atom. The van der Waals surface area contributed by atoms with Crippen molar-refractivity contribution < 1.29 is 33.5 Å². The number of aryl methyl sites for hydroxylation is 2. The third-order valence-corrected chi connectivity index (χ3v) is 8.61. The van der Waals surface area contributed by atoms with Gasteiger partial charge in [-0.05, 0) is 70.7 Å². The average Bonchev–Trinajstić information content (AvgIpc) is 3.38. The van der Waals surface area contributed by atoms with Crippen LogP contribution in [0.25, 0.3) is 0 Å². The SMILES string of the molecule is Cc1noc(C)c1NC(=O)N(C)C[C@@H]1OCCCC[C@H](C)Oc2ccc(NC(=O)Cc3ccccc3)cc2C(=O)N([C@H](C)CO)C[C@H]1C. The number of rotatable bonds is 8. The number of amides is 4. The molecular formula is C36H49N5O7. The number of hydrogen-bond acceptors (Lipinski definition) is 8. The van der Waals surface area contributed by atoms with Crippen LogP contribution in [0.5, 0.6) is 5.75 Å². The molecule has 0 unspecified atom stereocenters. The van der Waals surface area contributed by atoms with E-state index in [1.807, 2.05) is 44.2 Å². The first-order chi connectivity index (χ1) is 23.0. The molecule has 1 aromatic heterocycles. The molecule has 0 saturated carbocycles.